The molecule has 1 aromatic carbocycles. The molecule has 0 fully saturated rings. The SMILES string of the molecule is CC(=O)C(Br)c1cccc(N)c1SC(F)(F)F. The monoisotopic (exact) mass is 327 g/mol. The molecule has 0 spiro atoms. The van der Waals surface area contributed by atoms with E-state index in [-0.39, 0.29) is 33.7 Å². The fourth-order valence-corrected chi connectivity index (χ4v) is 2.48. The van der Waals surface area contributed by atoms with Crippen LogP contribution in [0.4, 0.5) is 18.9 Å². The summed E-state index contributed by atoms with van der Waals surface area (Å²) in [6.07, 6.45) is 0. The molecule has 1 atom stereocenters. The third-order valence-electron chi connectivity index (χ3n) is 1.92. The second-order valence-corrected chi connectivity index (χ2v) is 5.28. The summed E-state index contributed by atoms with van der Waals surface area (Å²) in [6, 6.07) is 4.34. The van der Waals surface area contributed by atoms with Crippen molar-refractivity contribution in [2.45, 2.75) is 22.2 Å². The Morgan fingerprint density at radius 1 is 1.47 bits per heavy atom. The molecular formula is C10H9BrF3NOS. The zero-order chi connectivity index (χ0) is 13.2. The van der Waals surface area contributed by atoms with Crippen LogP contribution in [-0.4, -0.2) is 11.3 Å². The van der Waals surface area contributed by atoms with E-state index in [9.17, 15) is 18.0 Å². The van der Waals surface area contributed by atoms with Gasteiger partial charge in [-0.05, 0) is 30.3 Å². The van der Waals surface area contributed by atoms with Gasteiger partial charge in [-0.1, -0.05) is 28.1 Å². The second-order valence-electron chi connectivity index (χ2n) is 3.29. The Morgan fingerprint density at radius 2 is 2.06 bits per heavy atom. The molecule has 2 N–H and O–H groups in total. The third-order valence-corrected chi connectivity index (χ3v) is 3.97. The Labute approximate surface area is 109 Å². The number of carbonyl (C=O) groups excluding carboxylic acids is 1. The van der Waals surface area contributed by atoms with Gasteiger partial charge in [-0.2, -0.15) is 13.2 Å². The van der Waals surface area contributed by atoms with Crippen molar-refractivity contribution in [2.75, 3.05) is 5.73 Å². The van der Waals surface area contributed by atoms with Gasteiger partial charge in [0.2, 0.25) is 0 Å². The topological polar surface area (TPSA) is 43.1 Å². The van der Waals surface area contributed by atoms with Gasteiger partial charge in [0.25, 0.3) is 0 Å². The van der Waals surface area contributed by atoms with E-state index in [1.54, 1.807) is 0 Å². The van der Waals surface area contributed by atoms with Crippen LogP contribution in [0.2, 0.25) is 0 Å². The highest BCUT2D eigenvalue weighted by Gasteiger charge is 2.32. The van der Waals surface area contributed by atoms with E-state index in [4.69, 9.17) is 5.73 Å². The van der Waals surface area contributed by atoms with Crippen molar-refractivity contribution >= 4 is 39.2 Å². The lowest BCUT2D eigenvalue weighted by molar-refractivity contribution is -0.116. The van der Waals surface area contributed by atoms with Crippen LogP contribution < -0.4 is 5.73 Å². The molecule has 2 nitrogen and oxygen atoms in total. The number of rotatable bonds is 3. The number of benzene rings is 1. The molecule has 0 aliphatic carbocycles. The van der Waals surface area contributed by atoms with E-state index < -0.39 is 10.3 Å². The van der Waals surface area contributed by atoms with Gasteiger partial charge in [0.1, 0.15) is 5.78 Å². The van der Waals surface area contributed by atoms with Crippen LogP contribution in [0.1, 0.15) is 17.3 Å². The van der Waals surface area contributed by atoms with Gasteiger partial charge in [-0.3, -0.25) is 4.79 Å². The van der Waals surface area contributed by atoms with Crippen molar-refractivity contribution in [1.29, 1.82) is 0 Å². The molecule has 1 aromatic rings. The Bertz CT molecular complexity index is 436. The van der Waals surface area contributed by atoms with Crippen molar-refractivity contribution in [2.24, 2.45) is 0 Å². The van der Waals surface area contributed by atoms with E-state index in [0.29, 0.717) is 0 Å². The molecule has 0 saturated heterocycles. The predicted molar refractivity (Wildman–Crippen MR) is 65.1 cm³/mol. The molecule has 1 rings (SSSR count). The van der Waals surface area contributed by atoms with E-state index in [1.807, 2.05) is 0 Å². The van der Waals surface area contributed by atoms with Crippen molar-refractivity contribution in [3.8, 4) is 0 Å². The van der Waals surface area contributed by atoms with Crippen LogP contribution >= 0.6 is 27.7 Å². The average Bonchev–Trinajstić information content (AvgIpc) is 2.18. The van der Waals surface area contributed by atoms with Crippen LogP contribution in [0.25, 0.3) is 0 Å². The number of ketones is 1. The van der Waals surface area contributed by atoms with Crippen LogP contribution in [0, 0.1) is 0 Å². The summed E-state index contributed by atoms with van der Waals surface area (Å²) in [5.41, 5.74) is 1.32. The van der Waals surface area contributed by atoms with E-state index in [1.165, 1.54) is 25.1 Å². The van der Waals surface area contributed by atoms with Crippen LogP contribution in [0.5, 0.6) is 0 Å². The molecule has 0 saturated carbocycles. The molecule has 94 valence electrons. The molecule has 0 radical (unpaired) electrons. The molecule has 1 unspecified atom stereocenters. The fraction of sp³-hybridized carbons (Fsp3) is 0.300. The highest BCUT2D eigenvalue weighted by molar-refractivity contribution is 9.09. The number of nitrogens with two attached hydrogens (primary N) is 1. The van der Waals surface area contributed by atoms with Crippen LogP contribution in [0.3, 0.4) is 0 Å². The number of Topliss-reactive ketones (excluding diaryl/α,β-unsaturated/α-hetero) is 1. The molecule has 0 aromatic heterocycles. The summed E-state index contributed by atoms with van der Waals surface area (Å²) in [5, 5.41) is 0. The minimum atomic E-state index is -4.44. The molecular weight excluding hydrogens is 319 g/mol. The summed E-state index contributed by atoms with van der Waals surface area (Å²) in [7, 11) is 0. The lowest BCUT2D eigenvalue weighted by Crippen LogP contribution is -2.08. The molecule has 0 bridgehead atoms. The fourth-order valence-electron chi connectivity index (χ4n) is 1.23. The Kier molecular flexibility index (Phi) is 4.48. The van der Waals surface area contributed by atoms with Gasteiger partial charge in [-0.25, -0.2) is 0 Å². The number of halogens is 4. The van der Waals surface area contributed by atoms with E-state index >= 15 is 0 Å². The maximum atomic E-state index is 12.4. The largest absolute Gasteiger partial charge is 0.446 e. The van der Waals surface area contributed by atoms with Crippen LogP contribution in [-0.2, 0) is 4.79 Å². The number of anilines is 1. The number of carbonyl (C=O) groups is 1. The second kappa shape index (κ2) is 5.30. The van der Waals surface area contributed by atoms with Gasteiger partial charge < -0.3 is 5.73 Å². The first-order valence-corrected chi connectivity index (χ1v) is 6.24. The predicted octanol–water partition coefficient (Wildman–Crippen LogP) is 3.91. The molecule has 0 aliphatic heterocycles. The Morgan fingerprint density at radius 3 is 2.53 bits per heavy atom. The minimum Gasteiger partial charge on any atom is -0.398 e. The average molecular weight is 328 g/mol. The first-order valence-electron chi connectivity index (χ1n) is 4.51. The lowest BCUT2D eigenvalue weighted by atomic mass is 10.1. The molecule has 7 heteroatoms. The van der Waals surface area contributed by atoms with Gasteiger partial charge in [0, 0.05) is 10.6 Å². The van der Waals surface area contributed by atoms with E-state index in [0.717, 1.165) is 0 Å². The van der Waals surface area contributed by atoms with Gasteiger partial charge >= 0.3 is 5.51 Å². The number of hydrogen-bond donors (Lipinski definition) is 1. The number of nitrogen functional groups attached to an aromatic ring is 1. The van der Waals surface area contributed by atoms with Crippen molar-refractivity contribution in [3.63, 3.8) is 0 Å². The maximum absolute atomic E-state index is 12.4. The highest BCUT2D eigenvalue weighted by atomic mass is 79.9. The number of thioether (sulfide) groups is 1. The maximum Gasteiger partial charge on any atom is 0.446 e. The molecule has 0 aliphatic rings. The smallest absolute Gasteiger partial charge is 0.398 e. The molecule has 0 amide bonds. The molecule has 0 heterocycles. The minimum absolute atomic E-state index is 0.00975. The van der Waals surface area contributed by atoms with Gasteiger partial charge in [-0.15, -0.1) is 0 Å². The zero-order valence-electron chi connectivity index (χ0n) is 8.72. The lowest BCUT2D eigenvalue weighted by Gasteiger charge is -2.15. The third kappa shape index (κ3) is 3.92. The standard InChI is InChI=1S/C10H9BrF3NOS/c1-5(16)8(11)6-3-2-4-7(15)9(6)17-10(12,13)14/h2-4,8H,15H2,1H3. The van der Waals surface area contributed by atoms with E-state index in [2.05, 4.69) is 15.9 Å². The normalized spacial score (nSPS) is 13.5. The zero-order valence-corrected chi connectivity index (χ0v) is 11.1. The Balaban J connectivity index is 3.22. The van der Waals surface area contributed by atoms with Crippen LogP contribution in [0.15, 0.2) is 23.1 Å². The first-order chi connectivity index (χ1) is 7.72. The summed E-state index contributed by atoms with van der Waals surface area (Å²) in [5.74, 6) is -0.278. The summed E-state index contributed by atoms with van der Waals surface area (Å²) in [4.78, 5) is 10.3. The van der Waals surface area contributed by atoms with Gasteiger partial charge in [0.05, 0.1) is 4.83 Å². The number of hydrogen-bond acceptors (Lipinski definition) is 3. The summed E-state index contributed by atoms with van der Waals surface area (Å²) >= 11 is 2.75. The molecule has 17 heavy (non-hydrogen) atoms. The Hall–Kier alpha value is -0.690. The number of alkyl halides is 4. The summed E-state index contributed by atoms with van der Waals surface area (Å²) in [6.45, 7) is 1.30. The van der Waals surface area contributed by atoms with Crippen molar-refractivity contribution in [1.82, 2.24) is 0 Å². The quantitative estimate of drug-likeness (QED) is 0.520. The summed E-state index contributed by atoms with van der Waals surface area (Å²) < 4.78 is 37.1. The highest BCUT2D eigenvalue weighted by Crippen LogP contribution is 2.44. The van der Waals surface area contributed by atoms with Crippen molar-refractivity contribution < 1.29 is 18.0 Å². The van der Waals surface area contributed by atoms with Crippen molar-refractivity contribution in [3.05, 3.63) is 23.8 Å². The van der Waals surface area contributed by atoms with Gasteiger partial charge in [0.15, 0.2) is 0 Å². The first kappa shape index (κ1) is 14.4.